The number of hydrogen-bond acceptors (Lipinski definition) is 3. The van der Waals surface area contributed by atoms with Crippen LogP contribution >= 0.6 is 24.0 Å². The van der Waals surface area contributed by atoms with Crippen molar-refractivity contribution in [1.82, 2.24) is 5.32 Å². The van der Waals surface area contributed by atoms with Crippen LogP contribution in [0.5, 0.6) is 0 Å². The van der Waals surface area contributed by atoms with Crippen molar-refractivity contribution in [2.45, 2.75) is 0 Å². The van der Waals surface area contributed by atoms with Crippen LogP contribution in [0.15, 0.2) is 0 Å². The van der Waals surface area contributed by atoms with Gasteiger partial charge < -0.3 is 10.4 Å². The lowest BCUT2D eigenvalue weighted by molar-refractivity contribution is 0.301. The first-order chi connectivity index (χ1) is 5.20. The lowest BCUT2D eigenvalue weighted by Gasteiger charge is -1.99. The molecule has 0 unspecified atom stereocenters. The van der Waals surface area contributed by atoms with Crippen LogP contribution in [0.3, 0.4) is 0 Å². The van der Waals surface area contributed by atoms with Crippen molar-refractivity contribution in [3.8, 4) is 0 Å². The average Bonchev–Trinajstić information content (AvgIpc) is 1.84. The van der Waals surface area contributed by atoms with Crippen molar-refractivity contribution in [3.63, 3.8) is 0 Å². The molecule has 0 aromatic rings. The van der Waals surface area contributed by atoms with Crippen LogP contribution in [0, 0.1) is 0 Å². The number of hydrogen-bond donors (Lipinski definition) is 2. The van der Waals surface area contributed by atoms with Gasteiger partial charge in [0.2, 0.25) is 0 Å². The maximum Gasteiger partial charge on any atom is 0.133 e. The molecule has 0 spiro atoms. The van der Waals surface area contributed by atoms with E-state index >= 15 is 0 Å². The number of thioether (sulfide) groups is 1. The van der Waals surface area contributed by atoms with Crippen LogP contribution in [0.4, 0.5) is 0 Å². The van der Waals surface area contributed by atoms with E-state index in [-0.39, 0.29) is 4.32 Å². The van der Waals surface area contributed by atoms with Crippen LogP contribution in [0.2, 0.25) is 0 Å². The molecule has 0 rings (SSSR count). The van der Waals surface area contributed by atoms with Crippen molar-refractivity contribution in [2.24, 2.45) is 0 Å². The second-order valence-corrected chi connectivity index (χ2v) is 2.34. The largest absolute Gasteiger partial charge is 0.395 e. The molecule has 0 amide bonds. The molecule has 0 radical (unpaired) electrons. The third kappa shape index (κ3) is 4.36. The van der Waals surface area contributed by atoms with Gasteiger partial charge >= 0.3 is 0 Å². The van der Waals surface area contributed by atoms with E-state index in [0.29, 0.717) is 0 Å². The van der Waals surface area contributed by atoms with Crippen LogP contribution in [0.1, 0.15) is 5.48 Å². The maximum absolute atomic E-state index is 8.72. The Hall–Kier alpha value is 0.200. The molecule has 0 aliphatic rings. The molecule has 0 fully saturated rings. The molecule has 0 aliphatic heterocycles. The predicted octanol–water partition coefficient (Wildman–Crippen LogP) is 0.216. The third-order valence-corrected chi connectivity index (χ3v) is 1.48. The lowest BCUT2D eigenvalue weighted by Crippen LogP contribution is -2.21. The van der Waals surface area contributed by atoms with Gasteiger partial charge in [0, 0.05) is 6.50 Å². The molecule has 0 atom stereocenters. The Balaban J connectivity index is 4.33. The second kappa shape index (κ2) is 5.34. The molecule has 0 aromatic carbocycles. The van der Waals surface area contributed by atoms with Gasteiger partial charge in [-0.05, 0) is 6.26 Å². The van der Waals surface area contributed by atoms with Crippen LogP contribution in [-0.4, -0.2) is 28.7 Å². The highest BCUT2D eigenvalue weighted by Crippen LogP contribution is 1.91. The van der Waals surface area contributed by atoms with Crippen molar-refractivity contribution in [2.75, 3.05) is 19.3 Å². The minimum absolute atomic E-state index is 0.0953. The summed E-state index contributed by atoms with van der Waals surface area (Å²) in [7, 11) is 0. The molecule has 0 saturated carbocycles. The molecule has 2 N–H and O–H groups in total. The van der Waals surface area contributed by atoms with Crippen molar-refractivity contribution in [3.05, 3.63) is 0 Å². The normalized spacial score (nSPS) is 19.8. The summed E-state index contributed by atoms with van der Waals surface area (Å²) in [6.07, 6.45) is 1.62. The Morgan fingerprint density at radius 1 is 2.12 bits per heavy atom. The molecule has 8 heavy (non-hydrogen) atoms. The van der Waals surface area contributed by atoms with Gasteiger partial charge in [-0.25, -0.2) is 0 Å². The van der Waals surface area contributed by atoms with E-state index in [1.807, 2.05) is 5.32 Å². The van der Waals surface area contributed by atoms with E-state index in [4.69, 9.17) is 10.6 Å². The highest BCUT2D eigenvalue weighted by molar-refractivity contribution is 8.22. The Labute approximate surface area is 64.3 Å². The Kier molecular flexibility index (Phi) is 2.26. The predicted molar refractivity (Wildman–Crippen MR) is 41.2 cm³/mol. The van der Waals surface area contributed by atoms with E-state index < -0.39 is 13.1 Å². The van der Waals surface area contributed by atoms with Gasteiger partial charge in [-0.15, -0.1) is 11.8 Å². The van der Waals surface area contributed by atoms with Gasteiger partial charge in [-0.2, -0.15) is 0 Å². The molecule has 0 bridgehead atoms. The standard InChI is InChI=1S/C4H9NOS2/c1-8-4(7)5-2-3-6/h6H,2-3H2,1H3,(H,5,7)/i2D2,3D2. The van der Waals surface area contributed by atoms with E-state index in [1.165, 1.54) is 0 Å². The molecule has 2 nitrogen and oxygen atoms in total. The topological polar surface area (TPSA) is 32.3 Å². The minimum Gasteiger partial charge on any atom is -0.395 e. The van der Waals surface area contributed by atoms with Crippen LogP contribution in [0.25, 0.3) is 0 Å². The van der Waals surface area contributed by atoms with Gasteiger partial charge in [0.15, 0.2) is 0 Å². The van der Waals surface area contributed by atoms with Crippen LogP contribution < -0.4 is 5.32 Å². The quantitative estimate of drug-likeness (QED) is 0.559. The van der Waals surface area contributed by atoms with Crippen molar-refractivity contribution < 1.29 is 10.6 Å². The third-order valence-electron chi connectivity index (χ3n) is 0.406. The maximum atomic E-state index is 8.72. The SMILES string of the molecule is [2H]C([2H])(O)C([2H])([2H])NC(=S)SC. The first kappa shape index (κ1) is 3.39. The number of nitrogens with one attached hydrogen (secondary N) is 1. The van der Waals surface area contributed by atoms with Gasteiger partial charge in [-0.1, -0.05) is 12.2 Å². The van der Waals surface area contributed by atoms with Crippen molar-refractivity contribution >= 4 is 28.3 Å². The molecular formula is C4H9NOS2. The second-order valence-electron chi connectivity index (χ2n) is 0.853. The highest BCUT2D eigenvalue weighted by atomic mass is 32.2. The summed E-state index contributed by atoms with van der Waals surface area (Å²) in [6.45, 7) is -5.51. The Bertz CT molecular complexity index is 180. The van der Waals surface area contributed by atoms with Gasteiger partial charge in [0.05, 0.1) is 12.0 Å². The molecular weight excluding hydrogens is 142 g/mol. The summed E-state index contributed by atoms with van der Waals surface area (Å²) in [5.41, 5.74) is 0. The summed E-state index contributed by atoms with van der Waals surface area (Å²) in [5.74, 6) is 0. The van der Waals surface area contributed by atoms with E-state index in [2.05, 4.69) is 12.2 Å². The zero-order valence-electron chi connectivity index (χ0n) is 8.26. The first-order valence-corrected chi connectivity index (χ1v) is 3.42. The summed E-state index contributed by atoms with van der Waals surface area (Å²) in [5, 5.41) is 10.8. The van der Waals surface area contributed by atoms with E-state index in [1.54, 1.807) is 6.26 Å². The van der Waals surface area contributed by atoms with Crippen molar-refractivity contribution in [1.29, 1.82) is 0 Å². The zero-order valence-corrected chi connectivity index (χ0v) is 5.90. The molecule has 0 saturated heterocycles. The molecule has 0 heterocycles. The van der Waals surface area contributed by atoms with Crippen LogP contribution in [-0.2, 0) is 0 Å². The number of aliphatic hydroxyl groups is 1. The smallest absolute Gasteiger partial charge is 0.133 e. The Morgan fingerprint density at radius 3 is 3.12 bits per heavy atom. The molecule has 0 aromatic heterocycles. The Morgan fingerprint density at radius 2 is 2.75 bits per heavy atom. The van der Waals surface area contributed by atoms with Gasteiger partial charge in [0.1, 0.15) is 4.32 Å². The minimum atomic E-state index is -2.95. The van der Waals surface area contributed by atoms with E-state index in [9.17, 15) is 0 Å². The monoisotopic (exact) mass is 155 g/mol. The summed E-state index contributed by atoms with van der Waals surface area (Å²) in [6, 6.07) is 0. The summed E-state index contributed by atoms with van der Waals surface area (Å²) < 4.78 is 27.6. The fourth-order valence-corrected chi connectivity index (χ4v) is 0.334. The fourth-order valence-electron chi connectivity index (χ4n) is 0.130. The number of thiocarbonyl (C=S) groups is 1. The zero-order chi connectivity index (χ0) is 9.99. The lowest BCUT2D eigenvalue weighted by atomic mass is 10.7. The first-order valence-electron chi connectivity index (χ1n) is 3.79. The fraction of sp³-hybridized carbons (Fsp3) is 0.750. The molecule has 0 aliphatic carbocycles. The molecule has 48 valence electrons. The molecule has 4 heteroatoms. The highest BCUT2D eigenvalue weighted by Gasteiger charge is 1.86. The summed E-state index contributed by atoms with van der Waals surface area (Å²) in [4.78, 5) is 0. The summed E-state index contributed by atoms with van der Waals surface area (Å²) >= 11 is 5.68. The number of rotatable bonds is 2. The van der Waals surface area contributed by atoms with Gasteiger partial charge in [0.25, 0.3) is 0 Å². The van der Waals surface area contributed by atoms with E-state index in [0.717, 1.165) is 11.8 Å². The average molecular weight is 155 g/mol. The van der Waals surface area contributed by atoms with Gasteiger partial charge in [-0.3, -0.25) is 0 Å².